The highest BCUT2D eigenvalue weighted by molar-refractivity contribution is 7.99. The van der Waals surface area contributed by atoms with Crippen molar-refractivity contribution in [1.29, 1.82) is 0 Å². The molecular weight excluding hydrogens is 351 g/mol. The number of fused-ring (bicyclic) bond motifs is 1. The summed E-state index contributed by atoms with van der Waals surface area (Å²) in [6.07, 6.45) is 0.689. The van der Waals surface area contributed by atoms with Crippen molar-refractivity contribution in [3.05, 3.63) is 42.5 Å². The Morgan fingerprint density at radius 3 is 2.56 bits per heavy atom. The van der Waals surface area contributed by atoms with Crippen molar-refractivity contribution in [1.82, 2.24) is 0 Å². The summed E-state index contributed by atoms with van der Waals surface area (Å²) < 4.78 is 17.0. The van der Waals surface area contributed by atoms with E-state index >= 15 is 0 Å². The maximum Gasteiger partial charge on any atom is 0.310 e. The lowest BCUT2D eigenvalue weighted by molar-refractivity contribution is -0.148. The van der Waals surface area contributed by atoms with Crippen molar-refractivity contribution < 1.29 is 14.1 Å². The summed E-state index contributed by atoms with van der Waals surface area (Å²) in [5.74, 6) is 0.404. The zero-order chi connectivity index (χ0) is 18.2. The molecule has 0 aliphatic rings. The summed E-state index contributed by atoms with van der Waals surface area (Å²) in [6.45, 7) is 6.30. The molecule has 0 heterocycles. The van der Waals surface area contributed by atoms with Gasteiger partial charge in [-0.05, 0) is 36.1 Å². The minimum Gasteiger partial charge on any atom is -0.466 e. The van der Waals surface area contributed by atoms with Crippen LogP contribution in [0, 0.1) is 11.8 Å². The van der Waals surface area contributed by atoms with Crippen molar-refractivity contribution in [3.63, 3.8) is 0 Å². The van der Waals surface area contributed by atoms with Gasteiger partial charge in [0.1, 0.15) is 0 Å². The Hall–Kier alpha value is -1.38. The van der Waals surface area contributed by atoms with Gasteiger partial charge in [0.2, 0.25) is 0 Å². The molecule has 2 aromatic rings. The molecule has 2 aromatic carbocycles. The molecule has 0 spiro atoms. The van der Waals surface area contributed by atoms with Crippen LogP contribution in [0.25, 0.3) is 10.8 Å². The van der Waals surface area contributed by atoms with Crippen LogP contribution in [0.3, 0.4) is 0 Å². The first-order chi connectivity index (χ1) is 12.1. The van der Waals surface area contributed by atoms with Gasteiger partial charge in [0.15, 0.2) is 8.46 Å². The van der Waals surface area contributed by atoms with Gasteiger partial charge in [-0.2, -0.15) is 0 Å². The molecule has 0 aromatic heterocycles. The van der Waals surface area contributed by atoms with Crippen LogP contribution in [-0.2, 0) is 14.1 Å². The van der Waals surface area contributed by atoms with Crippen molar-refractivity contribution in [2.24, 2.45) is 11.8 Å². The van der Waals surface area contributed by atoms with E-state index in [2.05, 4.69) is 38.1 Å². The van der Waals surface area contributed by atoms with E-state index in [1.54, 1.807) is 18.7 Å². The Labute approximate surface area is 155 Å². The van der Waals surface area contributed by atoms with Crippen LogP contribution in [0.1, 0.15) is 27.2 Å². The van der Waals surface area contributed by atoms with Crippen LogP contribution in [0.4, 0.5) is 0 Å². The number of hydrogen-bond donors (Lipinski definition) is 0. The van der Waals surface area contributed by atoms with E-state index in [4.69, 9.17) is 4.74 Å². The molecule has 134 valence electrons. The fraction of sp³-hybridized carbons (Fsp3) is 0.450. The van der Waals surface area contributed by atoms with E-state index in [0.29, 0.717) is 24.7 Å². The van der Waals surface area contributed by atoms with Gasteiger partial charge in [0.25, 0.3) is 0 Å². The van der Waals surface area contributed by atoms with Gasteiger partial charge < -0.3 is 4.74 Å². The Morgan fingerprint density at radius 1 is 1.16 bits per heavy atom. The van der Waals surface area contributed by atoms with E-state index in [1.807, 2.05) is 18.2 Å². The first-order valence-corrected chi connectivity index (χ1v) is 10.5. The van der Waals surface area contributed by atoms with Crippen LogP contribution in [0.2, 0.25) is 0 Å². The lowest BCUT2D eigenvalue weighted by Gasteiger charge is -2.22. The van der Waals surface area contributed by atoms with E-state index < -0.39 is 0 Å². The molecule has 0 fully saturated rings. The van der Waals surface area contributed by atoms with Crippen LogP contribution >= 0.6 is 20.2 Å². The maximum atomic E-state index is 12.3. The molecule has 0 saturated heterocycles. The first kappa shape index (κ1) is 19.9. The Balaban J connectivity index is 2.16. The number of carbonyl (C=O) groups excluding carboxylic acids is 1. The summed E-state index contributed by atoms with van der Waals surface area (Å²) >= 11 is 1.66. The van der Waals surface area contributed by atoms with Crippen molar-refractivity contribution >= 4 is 37.0 Å². The summed E-state index contributed by atoms with van der Waals surface area (Å²) in [5.41, 5.74) is -0.245. The van der Waals surface area contributed by atoms with Gasteiger partial charge in [-0.3, -0.25) is 9.36 Å². The molecule has 0 radical (unpaired) electrons. The van der Waals surface area contributed by atoms with Crippen LogP contribution in [0.15, 0.2) is 47.4 Å². The zero-order valence-electron chi connectivity index (χ0n) is 15.0. The second kappa shape index (κ2) is 9.94. The lowest BCUT2D eigenvalue weighted by Crippen LogP contribution is -2.29. The SMILES string of the molecule is CCOC(=O)C(CC(C)C)C(CSc1cccc2ccccc12)P=O. The van der Waals surface area contributed by atoms with Gasteiger partial charge in [0, 0.05) is 10.6 Å². The molecule has 0 saturated carbocycles. The molecule has 5 heteroatoms. The zero-order valence-corrected chi connectivity index (χ0v) is 16.7. The topological polar surface area (TPSA) is 43.4 Å². The van der Waals surface area contributed by atoms with Crippen LogP contribution < -0.4 is 0 Å². The summed E-state index contributed by atoms with van der Waals surface area (Å²) in [6, 6.07) is 14.4. The van der Waals surface area contributed by atoms with Gasteiger partial charge in [-0.1, -0.05) is 50.2 Å². The fourth-order valence-corrected chi connectivity index (χ4v) is 4.84. The highest BCUT2D eigenvalue weighted by Crippen LogP contribution is 2.34. The standard InChI is InChI=1S/C20H25O3PS/c1-4-23-20(21)17(12-14(2)3)18(24-22)13-25-19-11-7-9-15-8-5-6-10-16(15)19/h5-11,14,17-18H,4,12-13H2,1-3H3. The maximum absolute atomic E-state index is 12.3. The van der Waals surface area contributed by atoms with E-state index in [0.717, 1.165) is 4.90 Å². The fourth-order valence-electron chi connectivity index (χ4n) is 2.88. The summed E-state index contributed by atoms with van der Waals surface area (Å²) in [4.78, 5) is 13.5. The molecular formula is C20H25O3PS. The molecule has 0 aliphatic carbocycles. The number of thioether (sulfide) groups is 1. The molecule has 0 bridgehead atoms. The predicted molar refractivity (Wildman–Crippen MR) is 106 cm³/mol. The van der Waals surface area contributed by atoms with Gasteiger partial charge in [-0.25, -0.2) is 0 Å². The van der Waals surface area contributed by atoms with Crippen molar-refractivity contribution in [3.8, 4) is 0 Å². The number of rotatable bonds is 9. The number of benzene rings is 2. The molecule has 0 N–H and O–H groups in total. The molecule has 0 aliphatic heterocycles. The minimum atomic E-state index is -0.332. The Morgan fingerprint density at radius 2 is 1.88 bits per heavy atom. The van der Waals surface area contributed by atoms with Gasteiger partial charge >= 0.3 is 5.97 Å². The molecule has 0 amide bonds. The third kappa shape index (κ3) is 5.55. The van der Waals surface area contributed by atoms with E-state index in [9.17, 15) is 9.36 Å². The monoisotopic (exact) mass is 376 g/mol. The number of carbonyl (C=O) groups is 1. The first-order valence-electron chi connectivity index (χ1n) is 8.66. The highest BCUT2D eigenvalue weighted by atomic mass is 32.2. The molecule has 2 rings (SSSR count). The summed E-state index contributed by atoms with van der Waals surface area (Å²) in [7, 11) is 0.00507. The average Bonchev–Trinajstić information content (AvgIpc) is 2.61. The second-order valence-electron chi connectivity index (χ2n) is 6.45. The summed E-state index contributed by atoms with van der Waals surface area (Å²) in [5, 5.41) is 2.38. The lowest BCUT2D eigenvalue weighted by atomic mass is 9.94. The second-order valence-corrected chi connectivity index (χ2v) is 8.39. The average molecular weight is 376 g/mol. The quantitative estimate of drug-likeness (QED) is 0.314. The molecule has 3 nitrogen and oxygen atoms in total. The van der Waals surface area contributed by atoms with Crippen molar-refractivity contribution in [2.45, 2.75) is 37.7 Å². The van der Waals surface area contributed by atoms with Crippen LogP contribution in [-0.4, -0.2) is 24.0 Å². The Kier molecular flexibility index (Phi) is 7.92. The molecule has 25 heavy (non-hydrogen) atoms. The highest BCUT2D eigenvalue weighted by Gasteiger charge is 2.31. The molecule has 2 atom stereocenters. The third-order valence-electron chi connectivity index (χ3n) is 4.07. The third-order valence-corrected chi connectivity index (χ3v) is 6.33. The van der Waals surface area contributed by atoms with E-state index in [1.165, 1.54) is 10.8 Å². The van der Waals surface area contributed by atoms with Gasteiger partial charge in [-0.15, -0.1) is 11.8 Å². The molecule has 2 unspecified atom stereocenters. The predicted octanol–water partition coefficient (Wildman–Crippen LogP) is 5.82. The number of ether oxygens (including phenoxy) is 1. The number of hydrogen-bond acceptors (Lipinski definition) is 4. The van der Waals surface area contributed by atoms with E-state index in [-0.39, 0.29) is 26.0 Å². The smallest absolute Gasteiger partial charge is 0.310 e. The van der Waals surface area contributed by atoms with Crippen LogP contribution in [0.5, 0.6) is 0 Å². The Bertz CT molecular complexity index is 712. The van der Waals surface area contributed by atoms with Gasteiger partial charge in [0.05, 0.1) is 18.2 Å². The minimum absolute atomic E-state index is 0.00507. The van der Waals surface area contributed by atoms with Crippen molar-refractivity contribution in [2.75, 3.05) is 12.4 Å². The normalized spacial score (nSPS) is 13.9. The number of esters is 1. The largest absolute Gasteiger partial charge is 0.466 e.